The van der Waals surface area contributed by atoms with Gasteiger partial charge in [0, 0.05) is 22.7 Å². The van der Waals surface area contributed by atoms with Gasteiger partial charge in [0.1, 0.15) is 0 Å². The maximum absolute atomic E-state index is 6.62. The zero-order valence-electron chi connectivity index (χ0n) is 16.7. The standard InChI is InChI=1S/C21H32NPSSi/c1-17(2)22(18(3)4)23(24,19-13-9-8-10-14-19)20-15-11-12-16-21(20)25(5,6)7/h8-18H,1-7H3. The molecule has 0 amide bonds. The second-order valence-corrected chi connectivity index (χ2v) is 17.5. The predicted molar refractivity (Wildman–Crippen MR) is 122 cm³/mol. The van der Waals surface area contributed by atoms with E-state index in [-0.39, 0.29) is 0 Å². The Bertz CT molecular complexity index is 742. The van der Waals surface area contributed by atoms with Gasteiger partial charge in [-0.15, -0.1) is 0 Å². The topological polar surface area (TPSA) is 3.24 Å². The maximum atomic E-state index is 6.62. The van der Waals surface area contributed by atoms with Crippen LogP contribution in [-0.4, -0.2) is 24.8 Å². The highest BCUT2D eigenvalue weighted by Crippen LogP contribution is 2.50. The Morgan fingerprint density at radius 3 is 1.76 bits per heavy atom. The molecule has 0 saturated carbocycles. The molecule has 0 saturated heterocycles. The van der Waals surface area contributed by atoms with E-state index in [2.05, 4.69) is 107 Å². The number of rotatable bonds is 6. The average molecular weight is 390 g/mol. The fourth-order valence-electron chi connectivity index (χ4n) is 3.65. The van der Waals surface area contributed by atoms with E-state index in [0.717, 1.165) is 0 Å². The largest absolute Gasteiger partial charge is 0.263 e. The quantitative estimate of drug-likeness (QED) is 0.521. The molecule has 2 aromatic carbocycles. The summed E-state index contributed by atoms with van der Waals surface area (Å²) < 4.78 is 2.59. The van der Waals surface area contributed by atoms with Gasteiger partial charge in [-0.1, -0.05) is 91.2 Å². The van der Waals surface area contributed by atoms with Crippen LogP contribution >= 0.6 is 6.19 Å². The molecular formula is C21H32NPSSi. The van der Waals surface area contributed by atoms with Crippen LogP contribution in [0.4, 0.5) is 0 Å². The average Bonchev–Trinajstić information content (AvgIpc) is 2.54. The van der Waals surface area contributed by atoms with E-state index < -0.39 is 14.3 Å². The summed E-state index contributed by atoms with van der Waals surface area (Å²) in [5, 5.41) is 4.21. The Morgan fingerprint density at radius 2 is 1.28 bits per heavy atom. The lowest BCUT2D eigenvalue weighted by atomic mass is 10.3. The van der Waals surface area contributed by atoms with E-state index in [1.54, 1.807) is 0 Å². The third-order valence-electron chi connectivity index (χ3n) is 4.53. The van der Waals surface area contributed by atoms with Gasteiger partial charge in [-0.25, -0.2) is 0 Å². The van der Waals surface area contributed by atoms with Crippen LogP contribution in [0.5, 0.6) is 0 Å². The van der Waals surface area contributed by atoms with Crippen molar-refractivity contribution in [3.8, 4) is 0 Å². The van der Waals surface area contributed by atoms with Crippen LogP contribution in [0.1, 0.15) is 27.7 Å². The summed E-state index contributed by atoms with van der Waals surface area (Å²) in [5.74, 6) is 0. The lowest BCUT2D eigenvalue weighted by Gasteiger charge is -2.43. The highest BCUT2D eigenvalue weighted by Gasteiger charge is 2.37. The lowest BCUT2D eigenvalue weighted by molar-refractivity contribution is 0.326. The molecule has 1 unspecified atom stereocenters. The molecule has 0 aliphatic heterocycles. The van der Waals surface area contributed by atoms with Crippen molar-refractivity contribution in [1.29, 1.82) is 0 Å². The van der Waals surface area contributed by atoms with Crippen molar-refractivity contribution < 1.29 is 0 Å². The molecule has 0 radical (unpaired) electrons. The number of benzene rings is 2. The lowest BCUT2D eigenvalue weighted by Crippen LogP contribution is -2.51. The first-order valence-corrected chi connectivity index (χ1v) is 15.4. The van der Waals surface area contributed by atoms with Gasteiger partial charge in [-0.3, -0.25) is 4.67 Å². The minimum Gasteiger partial charge on any atom is -0.263 e. The van der Waals surface area contributed by atoms with Crippen molar-refractivity contribution in [2.24, 2.45) is 0 Å². The zero-order chi connectivity index (χ0) is 18.8. The van der Waals surface area contributed by atoms with Gasteiger partial charge in [-0.05, 0) is 27.7 Å². The van der Waals surface area contributed by atoms with Gasteiger partial charge in [0.25, 0.3) is 0 Å². The normalized spacial score (nSPS) is 15.0. The van der Waals surface area contributed by atoms with E-state index in [0.29, 0.717) is 12.1 Å². The van der Waals surface area contributed by atoms with Crippen LogP contribution in [0.25, 0.3) is 0 Å². The predicted octanol–water partition coefficient (Wildman–Crippen LogP) is 4.70. The monoisotopic (exact) mass is 389 g/mol. The smallest absolute Gasteiger partial charge is 0.0785 e. The molecule has 0 fully saturated rings. The van der Waals surface area contributed by atoms with Crippen molar-refractivity contribution in [3.63, 3.8) is 0 Å². The Morgan fingerprint density at radius 1 is 0.800 bits per heavy atom. The Kier molecular flexibility index (Phi) is 6.48. The van der Waals surface area contributed by atoms with Crippen molar-refractivity contribution in [2.75, 3.05) is 0 Å². The molecule has 0 bridgehead atoms. The van der Waals surface area contributed by atoms with Crippen LogP contribution in [0.3, 0.4) is 0 Å². The van der Waals surface area contributed by atoms with E-state index in [1.807, 2.05) is 0 Å². The second kappa shape index (κ2) is 7.88. The molecular weight excluding hydrogens is 357 g/mol. The summed E-state index contributed by atoms with van der Waals surface area (Å²) in [5.41, 5.74) is 0. The summed E-state index contributed by atoms with van der Waals surface area (Å²) in [7, 11) is -1.50. The molecule has 0 aliphatic carbocycles. The van der Waals surface area contributed by atoms with Gasteiger partial charge in [0.05, 0.1) is 14.3 Å². The first kappa shape index (κ1) is 20.6. The molecule has 136 valence electrons. The number of nitrogens with zero attached hydrogens (tertiary/aromatic N) is 1. The summed E-state index contributed by atoms with van der Waals surface area (Å²) in [4.78, 5) is 0. The summed E-state index contributed by atoms with van der Waals surface area (Å²) >= 11 is 6.62. The maximum Gasteiger partial charge on any atom is 0.0785 e. The van der Waals surface area contributed by atoms with Crippen LogP contribution in [0, 0.1) is 0 Å². The van der Waals surface area contributed by atoms with Crippen LogP contribution in [0.2, 0.25) is 19.6 Å². The van der Waals surface area contributed by atoms with Crippen molar-refractivity contribution in [2.45, 2.75) is 59.4 Å². The van der Waals surface area contributed by atoms with Gasteiger partial charge in [0.2, 0.25) is 0 Å². The molecule has 1 atom stereocenters. The Hall–Kier alpha value is -0.733. The molecule has 1 nitrogen and oxygen atoms in total. The van der Waals surface area contributed by atoms with Crippen molar-refractivity contribution in [1.82, 2.24) is 4.67 Å². The SMILES string of the molecule is CC(C)N(C(C)C)P(=S)(c1ccccc1)c1ccccc1[Si](C)(C)C. The van der Waals surface area contributed by atoms with Crippen LogP contribution in [-0.2, 0) is 11.8 Å². The first-order chi connectivity index (χ1) is 11.6. The molecule has 0 aliphatic rings. The van der Waals surface area contributed by atoms with Gasteiger partial charge in [-0.2, -0.15) is 0 Å². The third kappa shape index (κ3) is 4.16. The van der Waals surface area contributed by atoms with E-state index >= 15 is 0 Å². The summed E-state index contributed by atoms with van der Waals surface area (Å²) in [6, 6.07) is 20.6. The van der Waals surface area contributed by atoms with Crippen molar-refractivity contribution in [3.05, 3.63) is 54.6 Å². The van der Waals surface area contributed by atoms with E-state index in [1.165, 1.54) is 15.8 Å². The molecule has 0 aromatic heterocycles. The van der Waals surface area contributed by atoms with Crippen LogP contribution < -0.4 is 15.8 Å². The molecule has 25 heavy (non-hydrogen) atoms. The minimum atomic E-state index is -2.08. The van der Waals surface area contributed by atoms with Gasteiger partial charge >= 0.3 is 0 Å². The van der Waals surface area contributed by atoms with E-state index in [4.69, 9.17) is 11.8 Å². The molecule has 4 heteroatoms. The summed E-state index contributed by atoms with van der Waals surface area (Å²) in [6.07, 6.45) is -2.08. The fraction of sp³-hybridized carbons (Fsp3) is 0.429. The molecule has 0 N–H and O–H groups in total. The fourth-order valence-corrected chi connectivity index (χ4v) is 12.2. The zero-order valence-corrected chi connectivity index (χ0v) is 19.4. The Balaban J connectivity index is 2.86. The second-order valence-electron chi connectivity index (χ2n) is 8.25. The molecule has 2 rings (SSSR count). The first-order valence-electron chi connectivity index (χ1n) is 9.14. The summed E-state index contributed by atoms with van der Waals surface area (Å²) in [6.45, 7) is 16.4. The highest BCUT2D eigenvalue weighted by molar-refractivity contribution is 8.20. The Labute approximate surface area is 160 Å². The van der Waals surface area contributed by atoms with Crippen molar-refractivity contribution >= 4 is 41.9 Å². The number of hydrogen-bond acceptors (Lipinski definition) is 1. The number of hydrogen-bond donors (Lipinski definition) is 0. The third-order valence-corrected chi connectivity index (χ3v) is 12.2. The van der Waals surface area contributed by atoms with Crippen LogP contribution in [0.15, 0.2) is 54.6 Å². The molecule has 0 heterocycles. The highest BCUT2D eigenvalue weighted by atomic mass is 32.4. The molecule has 2 aromatic rings. The molecule has 0 spiro atoms. The van der Waals surface area contributed by atoms with Gasteiger partial charge < -0.3 is 0 Å². The van der Waals surface area contributed by atoms with Gasteiger partial charge in [0.15, 0.2) is 0 Å². The minimum absolute atomic E-state index is 0.403. The van der Waals surface area contributed by atoms with E-state index in [9.17, 15) is 0 Å².